The minimum atomic E-state index is 0.138. The molecule has 4 heteroatoms. The van der Waals surface area contributed by atoms with Crippen LogP contribution in [0.2, 0.25) is 0 Å². The molecule has 3 rings (SSSR count). The first-order valence-corrected chi connectivity index (χ1v) is 8.17. The number of hydrogen-bond donors (Lipinski definition) is 0. The summed E-state index contributed by atoms with van der Waals surface area (Å²) in [5.74, 6) is 0.138. The smallest absolute Gasteiger partial charge is 0.253 e. The highest BCUT2D eigenvalue weighted by Crippen LogP contribution is 2.17. The van der Waals surface area contributed by atoms with Crippen LogP contribution < -0.4 is 4.90 Å². The molecule has 1 heterocycles. The third kappa shape index (κ3) is 3.37. The maximum Gasteiger partial charge on any atom is 0.253 e. The molecule has 0 radical (unpaired) electrons. The fourth-order valence-electron chi connectivity index (χ4n) is 2.58. The Hall–Kier alpha value is -1.56. The van der Waals surface area contributed by atoms with Gasteiger partial charge in [-0.3, -0.25) is 4.79 Å². The summed E-state index contributed by atoms with van der Waals surface area (Å²) in [6.45, 7) is 3.33. The van der Waals surface area contributed by atoms with E-state index in [1.54, 1.807) is 0 Å². The van der Waals surface area contributed by atoms with E-state index in [2.05, 4.69) is 51.8 Å². The van der Waals surface area contributed by atoms with Gasteiger partial charge in [-0.25, -0.2) is 0 Å². The van der Waals surface area contributed by atoms with Gasteiger partial charge in [0, 0.05) is 41.0 Å². The first-order valence-electron chi connectivity index (χ1n) is 7.09. The van der Waals surface area contributed by atoms with Crippen LogP contribution in [0.3, 0.4) is 0 Å². The average Bonchev–Trinajstić information content (AvgIpc) is 2.56. The Morgan fingerprint density at radius 2 is 1.48 bits per heavy atom. The molecule has 3 nitrogen and oxygen atoms in total. The third-order valence-electron chi connectivity index (χ3n) is 3.78. The van der Waals surface area contributed by atoms with Crippen LogP contribution in [0.4, 0.5) is 5.69 Å². The molecule has 0 bridgehead atoms. The fraction of sp³-hybridized carbons (Fsp3) is 0.235. The lowest BCUT2D eigenvalue weighted by Gasteiger charge is -2.36. The van der Waals surface area contributed by atoms with Crippen LogP contribution in [0, 0.1) is 3.57 Å². The Kier molecular flexibility index (Phi) is 4.43. The van der Waals surface area contributed by atoms with Crippen LogP contribution in [-0.4, -0.2) is 37.0 Å². The van der Waals surface area contributed by atoms with E-state index in [0.717, 1.165) is 35.3 Å². The number of carbonyl (C=O) groups excluding carboxylic acids is 1. The summed E-state index contributed by atoms with van der Waals surface area (Å²) in [7, 11) is 0. The van der Waals surface area contributed by atoms with Gasteiger partial charge < -0.3 is 9.80 Å². The van der Waals surface area contributed by atoms with Crippen molar-refractivity contribution in [1.29, 1.82) is 0 Å². The van der Waals surface area contributed by atoms with Gasteiger partial charge in [0.1, 0.15) is 0 Å². The number of nitrogens with zero attached hydrogens (tertiary/aromatic N) is 2. The third-order valence-corrected chi connectivity index (χ3v) is 4.50. The van der Waals surface area contributed by atoms with E-state index in [1.165, 1.54) is 5.69 Å². The number of hydrogen-bond acceptors (Lipinski definition) is 2. The first kappa shape index (κ1) is 14.4. The molecule has 0 spiro atoms. The Morgan fingerprint density at radius 1 is 0.857 bits per heavy atom. The van der Waals surface area contributed by atoms with Crippen LogP contribution in [0.25, 0.3) is 0 Å². The summed E-state index contributed by atoms with van der Waals surface area (Å²) in [5.41, 5.74) is 2.02. The molecule has 1 amide bonds. The molecular weight excluding hydrogens is 375 g/mol. The van der Waals surface area contributed by atoms with Crippen LogP contribution in [0.15, 0.2) is 54.6 Å². The number of amides is 1. The van der Waals surface area contributed by atoms with Gasteiger partial charge in [0.05, 0.1) is 0 Å². The molecule has 108 valence electrons. The van der Waals surface area contributed by atoms with E-state index in [1.807, 2.05) is 35.2 Å². The number of anilines is 1. The topological polar surface area (TPSA) is 23.6 Å². The van der Waals surface area contributed by atoms with Crippen molar-refractivity contribution in [1.82, 2.24) is 4.90 Å². The summed E-state index contributed by atoms with van der Waals surface area (Å²) in [4.78, 5) is 16.7. The number of halogens is 1. The minimum Gasteiger partial charge on any atom is -0.368 e. The molecule has 1 aliphatic rings. The fourth-order valence-corrected chi connectivity index (χ4v) is 2.94. The van der Waals surface area contributed by atoms with E-state index in [9.17, 15) is 4.79 Å². The van der Waals surface area contributed by atoms with Crippen molar-refractivity contribution >= 4 is 34.2 Å². The van der Waals surface area contributed by atoms with Crippen molar-refractivity contribution in [2.24, 2.45) is 0 Å². The monoisotopic (exact) mass is 392 g/mol. The van der Waals surface area contributed by atoms with Crippen molar-refractivity contribution in [2.75, 3.05) is 31.1 Å². The second-order valence-electron chi connectivity index (χ2n) is 5.12. The molecule has 2 aromatic rings. The van der Waals surface area contributed by atoms with Crippen molar-refractivity contribution in [3.63, 3.8) is 0 Å². The zero-order chi connectivity index (χ0) is 14.7. The molecule has 2 aromatic carbocycles. The zero-order valence-corrected chi connectivity index (χ0v) is 13.9. The van der Waals surface area contributed by atoms with Gasteiger partial charge in [-0.2, -0.15) is 0 Å². The van der Waals surface area contributed by atoms with Crippen molar-refractivity contribution in [3.8, 4) is 0 Å². The van der Waals surface area contributed by atoms with Gasteiger partial charge in [0.2, 0.25) is 0 Å². The zero-order valence-electron chi connectivity index (χ0n) is 11.7. The molecule has 0 saturated carbocycles. The Labute approximate surface area is 138 Å². The highest BCUT2D eigenvalue weighted by Gasteiger charge is 2.22. The lowest BCUT2D eigenvalue weighted by molar-refractivity contribution is 0.0747. The standard InChI is InChI=1S/C17H17IN2O/c18-15-8-6-14(7-9-15)17(21)20-12-10-19(11-13-20)16-4-2-1-3-5-16/h1-9H,10-13H2. The Balaban J connectivity index is 1.63. The van der Waals surface area contributed by atoms with E-state index in [4.69, 9.17) is 0 Å². The molecular formula is C17H17IN2O. The normalized spacial score (nSPS) is 15.1. The molecule has 1 saturated heterocycles. The molecule has 1 aliphatic heterocycles. The summed E-state index contributed by atoms with van der Waals surface area (Å²) in [5, 5.41) is 0. The summed E-state index contributed by atoms with van der Waals surface area (Å²) in [6.07, 6.45) is 0. The molecule has 0 N–H and O–H groups in total. The maximum absolute atomic E-state index is 12.5. The Bertz CT molecular complexity index is 604. The molecule has 21 heavy (non-hydrogen) atoms. The first-order chi connectivity index (χ1) is 10.2. The largest absolute Gasteiger partial charge is 0.368 e. The van der Waals surface area contributed by atoms with Crippen LogP contribution in [0.5, 0.6) is 0 Å². The van der Waals surface area contributed by atoms with Gasteiger partial charge in [0.25, 0.3) is 5.91 Å². The second-order valence-corrected chi connectivity index (χ2v) is 6.37. The number of para-hydroxylation sites is 1. The lowest BCUT2D eigenvalue weighted by atomic mass is 10.1. The van der Waals surface area contributed by atoms with Gasteiger partial charge >= 0.3 is 0 Å². The van der Waals surface area contributed by atoms with Crippen molar-refractivity contribution in [2.45, 2.75) is 0 Å². The molecule has 0 atom stereocenters. The predicted molar refractivity (Wildman–Crippen MR) is 93.7 cm³/mol. The highest BCUT2D eigenvalue weighted by atomic mass is 127. The minimum absolute atomic E-state index is 0.138. The van der Waals surface area contributed by atoms with Gasteiger partial charge in [-0.1, -0.05) is 18.2 Å². The van der Waals surface area contributed by atoms with Gasteiger partial charge in [-0.15, -0.1) is 0 Å². The number of piperazine rings is 1. The van der Waals surface area contributed by atoms with Crippen LogP contribution in [0.1, 0.15) is 10.4 Å². The molecule has 0 aliphatic carbocycles. The maximum atomic E-state index is 12.5. The molecule has 1 fully saturated rings. The van der Waals surface area contributed by atoms with Crippen molar-refractivity contribution < 1.29 is 4.79 Å². The average molecular weight is 392 g/mol. The Morgan fingerprint density at radius 3 is 2.10 bits per heavy atom. The van der Waals surface area contributed by atoms with Gasteiger partial charge in [0.15, 0.2) is 0 Å². The van der Waals surface area contributed by atoms with E-state index in [0.29, 0.717) is 0 Å². The SMILES string of the molecule is O=C(c1ccc(I)cc1)N1CCN(c2ccccc2)CC1. The quantitative estimate of drug-likeness (QED) is 0.733. The van der Waals surface area contributed by atoms with Gasteiger partial charge in [-0.05, 0) is 59.0 Å². The van der Waals surface area contributed by atoms with E-state index in [-0.39, 0.29) is 5.91 Å². The van der Waals surface area contributed by atoms with E-state index >= 15 is 0 Å². The number of carbonyl (C=O) groups is 1. The van der Waals surface area contributed by atoms with Crippen LogP contribution >= 0.6 is 22.6 Å². The predicted octanol–water partition coefficient (Wildman–Crippen LogP) is 3.25. The highest BCUT2D eigenvalue weighted by molar-refractivity contribution is 14.1. The lowest BCUT2D eigenvalue weighted by Crippen LogP contribution is -2.48. The second kappa shape index (κ2) is 6.47. The summed E-state index contributed by atoms with van der Waals surface area (Å²) < 4.78 is 1.15. The summed E-state index contributed by atoms with van der Waals surface area (Å²) >= 11 is 2.25. The summed E-state index contributed by atoms with van der Waals surface area (Å²) in [6, 6.07) is 18.2. The molecule has 0 aromatic heterocycles. The number of benzene rings is 2. The number of rotatable bonds is 2. The van der Waals surface area contributed by atoms with Crippen molar-refractivity contribution in [3.05, 3.63) is 63.7 Å². The van der Waals surface area contributed by atoms with Crippen LogP contribution in [-0.2, 0) is 0 Å². The van der Waals surface area contributed by atoms with E-state index < -0.39 is 0 Å². The molecule has 0 unspecified atom stereocenters.